The van der Waals surface area contributed by atoms with Gasteiger partial charge in [0, 0.05) is 35.4 Å². The number of carbonyl (C=O) groups excluding carboxylic acids is 1. The van der Waals surface area contributed by atoms with Crippen molar-refractivity contribution in [3.63, 3.8) is 0 Å². The fraction of sp³-hybridized carbons (Fsp3) is 0.360. The van der Waals surface area contributed by atoms with Gasteiger partial charge in [-0.15, -0.1) is 4.73 Å². The molecule has 10 nitrogen and oxygen atoms in total. The molecule has 1 fully saturated rings. The Morgan fingerprint density at radius 2 is 2.00 bits per heavy atom. The van der Waals surface area contributed by atoms with Gasteiger partial charge in [-0.1, -0.05) is 23.2 Å². The number of hydrogen-bond acceptors (Lipinski definition) is 6. The van der Waals surface area contributed by atoms with E-state index in [4.69, 9.17) is 32.8 Å². The number of ether oxygens (including phenoxy) is 1. The summed E-state index contributed by atoms with van der Waals surface area (Å²) in [4.78, 5) is 39.4. The quantitative estimate of drug-likeness (QED) is 0.331. The highest BCUT2D eigenvalue weighted by molar-refractivity contribution is 6.36. The predicted octanol–water partition coefficient (Wildman–Crippen LogP) is 5.02. The van der Waals surface area contributed by atoms with Gasteiger partial charge in [0.15, 0.2) is 11.8 Å². The Labute approximate surface area is 226 Å². The van der Waals surface area contributed by atoms with Crippen molar-refractivity contribution in [2.75, 3.05) is 19.7 Å². The minimum absolute atomic E-state index is 0.149. The lowest BCUT2D eigenvalue weighted by Crippen LogP contribution is -2.39. The first-order valence-electron chi connectivity index (χ1n) is 12.1. The Hall–Kier alpha value is -3.57. The van der Waals surface area contributed by atoms with E-state index >= 15 is 0 Å². The molecule has 5 rings (SSSR count). The second-order valence-corrected chi connectivity index (χ2v) is 9.70. The molecule has 0 bridgehead atoms. The molecule has 1 aromatic carbocycles. The van der Waals surface area contributed by atoms with Crippen LogP contribution in [0.5, 0.6) is 0 Å². The van der Waals surface area contributed by atoms with E-state index in [-0.39, 0.29) is 27.7 Å². The molecule has 1 N–H and O–H groups in total. The first-order valence-corrected chi connectivity index (χ1v) is 12.9. The van der Waals surface area contributed by atoms with Crippen molar-refractivity contribution in [2.45, 2.75) is 38.8 Å². The number of halogens is 3. The number of likely N-dealkylation sites (tertiary alicyclic amines) is 1. The van der Waals surface area contributed by atoms with E-state index in [9.17, 15) is 14.0 Å². The first-order chi connectivity index (χ1) is 18.3. The van der Waals surface area contributed by atoms with Gasteiger partial charge < -0.3 is 14.5 Å². The number of H-pyrrole nitrogens is 1. The van der Waals surface area contributed by atoms with E-state index in [1.807, 2.05) is 10.9 Å². The summed E-state index contributed by atoms with van der Waals surface area (Å²) in [6.45, 7) is 4.96. The summed E-state index contributed by atoms with van der Waals surface area (Å²) in [6.07, 6.45) is 4.03. The fourth-order valence-corrected chi connectivity index (χ4v) is 5.24. The maximum absolute atomic E-state index is 14.0. The largest absolute Gasteiger partial charge is 0.450 e. The summed E-state index contributed by atoms with van der Waals surface area (Å²) in [6, 6.07) is 6.15. The summed E-state index contributed by atoms with van der Waals surface area (Å²) in [7, 11) is 0. The Morgan fingerprint density at radius 1 is 1.24 bits per heavy atom. The molecule has 13 heteroatoms. The van der Waals surface area contributed by atoms with Gasteiger partial charge in [-0.25, -0.2) is 19.0 Å². The fourth-order valence-electron chi connectivity index (χ4n) is 4.56. The highest BCUT2D eigenvalue weighted by atomic mass is 35.5. The predicted molar refractivity (Wildman–Crippen MR) is 140 cm³/mol. The second kappa shape index (κ2) is 10.7. The van der Waals surface area contributed by atoms with Gasteiger partial charge >= 0.3 is 11.8 Å². The van der Waals surface area contributed by atoms with E-state index in [2.05, 4.69) is 15.1 Å². The zero-order valence-corrected chi connectivity index (χ0v) is 22.2. The monoisotopic (exact) mass is 562 g/mol. The number of pyridine rings is 1. The third-order valence-electron chi connectivity index (χ3n) is 6.51. The molecule has 0 radical (unpaired) electrons. The van der Waals surface area contributed by atoms with Crippen LogP contribution in [0.2, 0.25) is 10.0 Å². The van der Waals surface area contributed by atoms with Crippen molar-refractivity contribution in [3.05, 3.63) is 68.6 Å². The average molecular weight is 563 g/mol. The van der Waals surface area contributed by atoms with Crippen molar-refractivity contribution in [2.24, 2.45) is 0 Å². The van der Waals surface area contributed by atoms with Gasteiger partial charge in [0.1, 0.15) is 11.3 Å². The normalized spacial score (nSPS) is 15.1. The third kappa shape index (κ3) is 4.95. The molecule has 1 atom stereocenters. The molecule has 38 heavy (non-hydrogen) atoms. The number of benzene rings is 1. The van der Waals surface area contributed by atoms with E-state index in [1.165, 1.54) is 12.1 Å². The second-order valence-electron chi connectivity index (χ2n) is 8.92. The molecule has 4 aromatic rings. The standard InChI is InChI=1S/C25H25Cl2FN6O4/c1-3-37-25(36)32-10-8-16(9-11-32)33-13-15(12-29-33)19-6-7-20-23(30-19)31-24(35)34(20)38-14(2)21-17(26)4-5-18(28)22(21)27/h4-7,12-14,16H,3,8-11H2,1-2H3,(H,30,31,35). The van der Waals surface area contributed by atoms with Crippen LogP contribution in [0.3, 0.4) is 0 Å². The zero-order valence-electron chi connectivity index (χ0n) is 20.7. The number of nitrogens with one attached hydrogen (secondary N) is 1. The van der Waals surface area contributed by atoms with Crippen LogP contribution < -0.4 is 10.5 Å². The van der Waals surface area contributed by atoms with Crippen molar-refractivity contribution in [3.8, 4) is 11.3 Å². The van der Waals surface area contributed by atoms with Crippen LogP contribution in [0.1, 0.15) is 44.4 Å². The van der Waals surface area contributed by atoms with E-state index < -0.39 is 17.6 Å². The molecule has 1 aliphatic heterocycles. The smallest absolute Gasteiger partial charge is 0.409 e. The van der Waals surface area contributed by atoms with Crippen molar-refractivity contribution < 1.29 is 18.8 Å². The Bertz CT molecular complexity index is 1540. The lowest BCUT2D eigenvalue weighted by molar-refractivity contribution is 0.0492. The van der Waals surface area contributed by atoms with Gasteiger partial charge in [0.05, 0.1) is 29.6 Å². The average Bonchev–Trinajstić information content (AvgIpc) is 3.51. The highest BCUT2D eigenvalue weighted by Gasteiger charge is 2.25. The van der Waals surface area contributed by atoms with Crippen LogP contribution in [0.25, 0.3) is 22.4 Å². The molecular formula is C25H25Cl2FN6O4. The minimum Gasteiger partial charge on any atom is -0.450 e. The van der Waals surface area contributed by atoms with Crippen molar-refractivity contribution in [1.82, 2.24) is 29.4 Å². The summed E-state index contributed by atoms with van der Waals surface area (Å²) in [5, 5.41) is 4.56. The van der Waals surface area contributed by atoms with Crippen LogP contribution in [0.15, 0.2) is 41.5 Å². The SMILES string of the molecule is CCOC(=O)N1CCC(n2cc(-c3ccc4c(n3)[nH]c(=O)n4OC(C)c3c(Cl)ccc(F)c3Cl)cn2)CC1. The van der Waals surface area contributed by atoms with Gasteiger partial charge in [0.25, 0.3) is 0 Å². The van der Waals surface area contributed by atoms with Crippen molar-refractivity contribution in [1.29, 1.82) is 0 Å². The molecule has 0 saturated carbocycles. The topological polar surface area (TPSA) is 107 Å². The molecule has 1 amide bonds. The van der Waals surface area contributed by atoms with Crippen LogP contribution >= 0.6 is 23.2 Å². The van der Waals surface area contributed by atoms with Crippen LogP contribution in [0, 0.1) is 5.82 Å². The van der Waals surface area contributed by atoms with Gasteiger partial charge in [-0.2, -0.15) is 5.10 Å². The summed E-state index contributed by atoms with van der Waals surface area (Å²) in [5.41, 5.74) is 1.79. The summed E-state index contributed by atoms with van der Waals surface area (Å²) in [5.74, 6) is -0.635. The van der Waals surface area contributed by atoms with Gasteiger partial charge in [-0.05, 0) is 51.0 Å². The molecule has 200 valence electrons. The molecule has 1 aliphatic rings. The molecule has 1 saturated heterocycles. The first kappa shape index (κ1) is 26.1. The maximum Gasteiger partial charge on any atom is 0.409 e. The summed E-state index contributed by atoms with van der Waals surface area (Å²) >= 11 is 12.3. The maximum atomic E-state index is 14.0. The number of aromatic nitrogens is 5. The zero-order chi connectivity index (χ0) is 27.0. The molecule has 1 unspecified atom stereocenters. The van der Waals surface area contributed by atoms with Gasteiger partial charge in [0.2, 0.25) is 0 Å². The number of amides is 1. The number of carbonyl (C=O) groups is 1. The Balaban J connectivity index is 1.33. The molecular weight excluding hydrogens is 538 g/mol. The van der Waals surface area contributed by atoms with Gasteiger partial charge in [-0.3, -0.25) is 9.67 Å². The van der Waals surface area contributed by atoms with E-state index in [0.717, 1.165) is 23.1 Å². The molecule has 0 spiro atoms. The summed E-state index contributed by atoms with van der Waals surface area (Å²) < 4.78 is 22.0. The lowest BCUT2D eigenvalue weighted by Gasteiger charge is -2.31. The van der Waals surface area contributed by atoms with Crippen LogP contribution in [-0.2, 0) is 4.74 Å². The lowest BCUT2D eigenvalue weighted by atomic mass is 10.1. The number of aromatic amines is 1. The Morgan fingerprint density at radius 3 is 2.74 bits per heavy atom. The van der Waals surface area contributed by atoms with Crippen molar-refractivity contribution >= 4 is 40.5 Å². The number of imidazole rings is 1. The van der Waals surface area contributed by atoms with E-state index in [0.29, 0.717) is 36.6 Å². The number of fused-ring (bicyclic) bond motifs is 1. The van der Waals surface area contributed by atoms with Crippen LogP contribution in [-0.4, -0.2) is 55.2 Å². The minimum atomic E-state index is -0.824. The van der Waals surface area contributed by atoms with E-state index in [1.54, 1.807) is 37.1 Å². The number of nitrogens with zero attached hydrogens (tertiary/aromatic N) is 5. The molecule has 3 aromatic heterocycles. The third-order valence-corrected chi connectivity index (χ3v) is 7.23. The number of piperidine rings is 1. The highest BCUT2D eigenvalue weighted by Crippen LogP contribution is 2.33. The number of hydrogen-bond donors (Lipinski definition) is 1. The Kier molecular flexibility index (Phi) is 7.31. The number of rotatable bonds is 6. The molecule has 4 heterocycles. The molecule has 0 aliphatic carbocycles. The van der Waals surface area contributed by atoms with Crippen LogP contribution in [0.4, 0.5) is 9.18 Å².